The first-order chi connectivity index (χ1) is 6.94. The first kappa shape index (κ1) is 11.9. The Morgan fingerprint density at radius 1 is 1.20 bits per heavy atom. The molecule has 2 heteroatoms. The normalized spacial score (nSPS) is 12.3. The Balaban J connectivity index is 2.86. The van der Waals surface area contributed by atoms with Crippen molar-refractivity contribution in [3.05, 3.63) is 41.5 Å². The molecule has 0 N–H and O–H groups in total. The smallest absolute Gasteiger partial charge is 0.159 e. The Hall–Kier alpha value is -1.18. The van der Waals surface area contributed by atoms with Crippen LogP contribution < -0.4 is 0 Å². The second-order valence-corrected chi connectivity index (χ2v) is 4.35. The van der Waals surface area contributed by atoms with Crippen LogP contribution in [0.3, 0.4) is 0 Å². The van der Waals surface area contributed by atoms with E-state index in [-0.39, 0.29) is 5.41 Å². The van der Waals surface area contributed by atoms with Crippen molar-refractivity contribution in [3.63, 3.8) is 0 Å². The van der Waals surface area contributed by atoms with E-state index in [9.17, 15) is 8.78 Å². The minimum atomic E-state index is -0.804. The molecule has 15 heavy (non-hydrogen) atoms. The minimum absolute atomic E-state index is 0.0882. The quantitative estimate of drug-likeness (QED) is 0.693. The average molecular weight is 210 g/mol. The van der Waals surface area contributed by atoms with Gasteiger partial charge in [-0.1, -0.05) is 39.0 Å². The van der Waals surface area contributed by atoms with Crippen LogP contribution in [0.2, 0.25) is 0 Å². The maximum atomic E-state index is 12.9. The van der Waals surface area contributed by atoms with E-state index in [4.69, 9.17) is 0 Å². The van der Waals surface area contributed by atoms with Crippen LogP contribution in [0.15, 0.2) is 24.3 Å². The van der Waals surface area contributed by atoms with E-state index in [1.807, 2.05) is 12.2 Å². The number of benzene rings is 1. The monoisotopic (exact) mass is 210 g/mol. The van der Waals surface area contributed by atoms with Crippen molar-refractivity contribution in [3.8, 4) is 0 Å². The predicted molar refractivity (Wildman–Crippen MR) is 59.5 cm³/mol. The molecule has 1 aromatic carbocycles. The summed E-state index contributed by atoms with van der Waals surface area (Å²) in [5.41, 5.74) is 0.778. The van der Waals surface area contributed by atoms with Gasteiger partial charge < -0.3 is 0 Å². The van der Waals surface area contributed by atoms with Crippen molar-refractivity contribution >= 4 is 6.08 Å². The number of rotatable bonds is 3. The highest BCUT2D eigenvalue weighted by Crippen LogP contribution is 2.23. The van der Waals surface area contributed by atoms with Crippen molar-refractivity contribution in [2.75, 3.05) is 0 Å². The standard InChI is InChI=1S/C13H16F2/c1-4-13(2,3)8-7-10-5-6-11(14)12(15)9-10/h5-9H,4H2,1-3H3/b8-7+. The lowest BCUT2D eigenvalue weighted by Gasteiger charge is -2.16. The van der Waals surface area contributed by atoms with E-state index in [1.54, 1.807) is 6.07 Å². The molecule has 0 radical (unpaired) electrons. The molecule has 0 atom stereocenters. The van der Waals surface area contributed by atoms with Gasteiger partial charge in [0.25, 0.3) is 0 Å². The van der Waals surface area contributed by atoms with Crippen molar-refractivity contribution in [2.24, 2.45) is 5.41 Å². The lowest BCUT2D eigenvalue weighted by Crippen LogP contribution is -2.03. The third kappa shape index (κ3) is 3.46. The van der Waals surface area contributed by atoms with Gasteiger partial charge in [-0.25, -0.2) is 8.78 Å². The molecule has 0 heterocycles. The predicted octanol–water partition coefficient (Wildman–Crippen LogP) is 4.41. The van der Waals surface area contributed by atoms with Gasteiger partial charge in [0.1, 0.15) is 0 Å². The van der Waals surface area contributed by atoms with E-state index in [1.165, 1.54) is 6.07 Å². The van der Waals surface area contributed by atoms with E-state index >= 15 is 0 Å². The lowest BCUT2D eigenvalue weighted by molar-refractivity contribution is 0.464. The molecule has 0 aliphatic rings. The van der Waals surface area contributed by atoms with Gasteiger partial charge in [-0.15, -0.1) is 0 Å². The molecule has 0 unspecified atom stereocenters. The Kier molecular flexibility index (Phi) is 3.61. The van der Waals surface area contributed by atoms with Crippen LogP contribution >= 0.6 is 0 Å². The highest BCUT2D eigenvalue weighted by atomic mass is 19.2. The average Bonchev–Trinajstić information content (AvgIpc) is 2.20. The number of hydrogen-bond donors (Lipinski definition) is 0. The third-order valence-electron chi connectivity index (χ3n) is 2.58. The largest absolute Gasteiger partial charge is 0.204 e. The molecule has 1 aromatic rings. The van der Waals surface area contributed by atoms with Crippen LogP contribution in [-0.2, 0) is 0 Å². The number of hydrogen-bond acceptors (Lipinski definition) is 0. The zero-order valence-corrected chi connectivity index (χ0v) is 9.35. The zero-order chi connectivity index (χ0) is 11.5. The Morgan fingerprint density at radius 3 is 2.40 bits per heavy atom. The summed E-state index contributed by atoms with van der Waals surface area (Å²) in [4.78, 5) is 0. The van der Waals surface area contributed by atoms with Gasteiger partial charge in [0, 0.05) is 0 Å². The second kappa shape index (κ2) is 4.56. The van der Waals surface area contributed by atoms with Gasteiger partial charge >= 0.3 is 0 Å². The van der Waals surface area contributed by atoms with Crippen molar-refractivity contribution in [1.29, 1.82) is 0 Å². The van der Waals surface area contributed by atoms with E-state index < -0.39 is 11.6 Å². The molecule has 0 aromatic heterocycles. The highest BCUT2D eigenvalue weighted by Gasteiger charge is 2.09. The zero-order valence-electron chi connectivity index (χ0n) is 9.35. The maximum Gasteiger partial charge on any atom is 0.159 e. The van der Waals surface area contributed by atoms with E-state index in [2.05, 4.69) is 20.8 Å². The molecule has 1 rings (SSSR count). The van der Waals surface area contributed by atoms with Gasteiger partial charge in [0.2, 0.25) is 0 Å². The summed E-state index contributed by atoms with van der Waals surface area (Å²) in [5.74, 6) is -1.60. The van der Waals surface area contributed by atoms with Crippen LogP contribution in [-0.4, -0.2) is 0 Å². The lowest BCUT2D eigenvalue weighted by atomic mass is 9.89. The Bertz CT molecular complexity index is 365. The SMILES string of the molecule is CCC(C)(C)/C=C/c1ccc(F)c(F)c1. The van der Waals surface area contributed by atoms with Crippen LogP contribution in [0, 0.1) is 17.0 Å². The topological polar surface area (TPSA) is 0 Å². The molecule has 0 aliphatic carbocycles. The summed E-state index contributed by atoms with van der Waals surface area (Å²) in [7, 11) is 0. The van der Waals surface area contributed by atoms with Crippen LogP contribution in [0.4, 0.5) is 8.78 Å². The fraction of sp³-hybridized carbons (Fsp3) is 0.385. The molecule has 82 valence electrons. The summed E-state index contributed by atoms with van der Waals surface area (Å²) in [6, 6.07) is 3.92. The van der Waals surface area contributed by atoms with Crippen molar-refractivity contribution in [2.45, 2.75) is 27.2 Å². The van der Waals surface area contributed by atoms with Gasteiger partial charge in [-0.05, 0) is 29.5 Å². The second-order valence-electron chi connectivity index (χ2n) is 4.35. The van der Waals surface area contributed by atoms with Gasteiger partial charge in [0.15, 0.2) is 11.6 Å². The molecule has 0 fully saturated rings. The Labute approximate surface area is 89.6 Å². The first-order valence-corrected chi connectivity index (χ1v) is 5.09. The number of allylic oxidation sites excluding steroid dienone is 1. The van der Waals surface area contributed by atoms with Gasteiger partial charge in [0.05, 0.1) is 0 Å². The molecule has 0 spiro atoms. The highest BCUT2D eigenvalue weighted by molar-refractivity contribution is 5.49. The summed E-state index contributed by atoms with van der Waals surface area (Å²) in [6.07, 6.45) is 4.85. The van der Waals surface area contributed by atoms with Crippen LogP contribution in [0.1, 0.15) is 32.8 Å². The van der Waals surface area contributed by atoms with E-state index in [0.29, 0.717) is 5.56 Å². The summed E-state index contributed by atoms with van der Waals surface area (Å²) >= 11 is 0. The van der Waals surface area contributed by atoms with Gasteiger partial charge in [-0.2, -0.15) is 0 Å². The minimum Gasteiger partial charge on any atom is -0.204 e. The Morgan fingerprint density at radius 2 is 1.87 bits per heavy atom. The molecular formula is C13H16F2. The summed E-state index contributed by atoms with van der Waals surface area (Å²) in [6.45, 7) is 6.29. The molecule has 0 aliphatic heterocycles. The van der Waals surface area contributed by atoms with E-state index in [0.717, 1.165) is 12.5 Å². The van der Waals surface area contributed by atoms with Crippen LogP contribution in [0.25, 0.3) is 6.08 Å². The molecular weight excluding hydrogens is 194 g/mol. The van der Waals surface area contributed by atoms with Crippen molar-refractivity contribution in [1.82, 2.24) is 0 Å². The first-order valence-electron chi connectivity index (χ1n) is 5.09. The van der Waals surface area contributed by atoms with Gasteiger partial charge in [-0.3, -0.25) is 0 Å². The molecule has 0 nitrogen and oxygen atoms in total. The maximum absolute atomic E-state index is 12.9. The molecule has 0 bridgehead atoms. The van der Waals surface area contributed by atoms with Crippen molar-refractivity contribution < 1.29 is 8.78 Å². The fourth-order valence-electron chi connectivity index (χ4n) is 1.06. The van der Waals surface area contributed by atoms with Crippen LogP contribution in [0.5, 0.6) is 0 Å². The molecule has 0 saturated heterocycles. The molecule has 0 amide bonds. The number of halogens is 2. The summed E-state index contributed by atoms with van der Waals surface area (Å²) in [5, 5.41) is 0. The third-order valence-corrected chi connectivity index (χ3v) is 2.58. The fourth-order valence-corrected chi connectivity index (χ4v) is 1.06. The summed E-state index contributed by atoms with van der Waals surface area (Å²) < 4.78 is 25.5. The molecule has 0 saturated carbocycles.